The van der Waals surface area contributed by atoms with Crippen LogP contribution >= 0.6 is 27.7 Å². The topological polar surface area (TPSA) is 111 Å². The fourth-order valence-corrected chi connectivity index (χ4v) is 4.80. The summed E-state index contributed by atoms with van der Waals surface area (Å²) in [6.07, 6.45) is 1.71. The molecule has 0 saturated carbocycles. The normalized spacial score (nSPS) is 15.3. The van der Waals surface area contributed by atoms with Crippen molar-refractivity contribution < 1.29 is 24.3 Å². The van der Waals surface area contributed by atoms with Gasteiger partial charge in [0.2, 0.25) is 0 Å². The largest absolute Gasteiger partial charge is 0.506 e. The van der Waals surface area contributed by atoms with Crippen LogP contribution < -0.4 is 4.74 Å². The second-order valence-electron chi connectivity index (χ2n) is 7.70. The summed E-state index contributed by atoms with van der Waals surface area (Å²) in [5.74, 6) is -0.359. The minimum Gasteiger partial charge on any atom is -0.506 e. The zero-order valence-electron chi connectivity index (χ0n) is 19.6. The predicted molar refractivity (Wildman–Crippen MR) is 147 cm³/mol. The van der Waals surface area contributed by atoms with E-state index in [0.717, 1.165) is 21.8 Å². The van der Waals surface area contributed by atoms with Gasteiger partial charge in [0, 0.05) is 22.2 Å². The summed E-state index contributed by atoms with van der Waals surface area (Å²) in [5, 5.41) is 22.2. The van der Waals surface area contributed by atoms with Crippen LogP contribution in [0.2, 0.25) is 0 Å². The minimum absolute atomic E-state index is 0.00343. The number of non-ortho nitro benzene ring substituents is 1. The number of nitro benzene ring substituents is 1. The Morgan fingerprint density at radius 1 is 1.14 bits per heavy atom. The number of thioether (sulfide) groups is 1. The Labute approximate surface area is 225 Å². The molecule has 37 heavy (non-hydrogen) atoms. The van der Waals surface area contributed by atoms with Crippen LogP contribution in [-0.4, -0.2) is 27.6 Å². The van der Waals surface area contributed by atoms with Crippen molar-refractivity contribution in [2.75, 3.05) is 6.61 Å². The van der Waals surface area contributed by atoms with E-state index in [0.29, 0.717) is 26.9 Å². The number of hydrogen-bond acceptors (Lipinski definition) is 8. The first kappa shape index (κ1) is 26.2. The predicted octanol–water partition coefficient (Wildman–Crippen LogP) is 7.13. The average molecular weight is 581 g/mol. The first-order chi connectivity index (χ1) is 17.9. The van der Waals surface area contributed by atoms with Crippen molar-refractivity contribution in [2.45, 2.75) is 13.5 Å². The van der Waals surface area contributed by atoms with E-state index >= 15 is 0 Å². The molecule has 8 nitrogen and oxygen atoms in total. The number of nitro groups is 1. The number of halogens is 1. The Hall–Kier alpha value is -3.89. The van der Waals surface area contributed by atoms with Gasteiger partial charge in [-0.05, 0) is 61.0 Å². The van der Waals surface area contributed by atoms with E-state index in [2.05, 4.69) is 20.9 Å². The Kier molecular flexibility index (Phi) is 8.42. The van der Waals surface area contributed by atoms with Gasteiger partial charge < -0.3 is 14.6 Å². The molecular formula is C27H21BrN2O6S. The number of carbonyl (C=O) groups excluding carboxylic acids is 1. The van der Waals surface area contributed by atoms with Crippen molar-refractivity contribution in [3.63, 3.8) is 0 Å². The lowest BCUT2D eigenvalue weighted by Crippen LogP contribution is -2.12. The monoisotopic (exact) mass is 580 g/mol. The summed E-state index contributed by atoms with van der Waals surface area (Å²) in [7, 11) is 0. The Bertz CT molecular complexity index is 1420. The number of benzene rings is 3. The highest BCUT2D eigenvalue weighted by atomic mass is 79.9. The number of nitrogens with zero attached hydrogens (tertiary/aromatic N) is 2. The number of ether oxygens (including phenoxy) is 2. The molecule has 0 atom stereocenters. The van der Waals surface area contributed by atoms with Gasteiger partial charge >= 0.3 is 5.97 Å². The van der Waals surface area contributed by atoms with Crippen molar-refractivity contribution in [3.8, 4) is 5.75 Å². The maximum absolute atomic E-state index is 12.7. The zero-order chi connectivity index (χ0) is 26.4. The summed E-state index contributed by atoms with van der Waals surface area (Å²) < 4.78 is 11.9. The molecule has 0 bridgehead atoms. The van der Waals surface area contributed by atoms with Gasteiger partial charge in [-0.25, -0.2) is 9.79 Å². The lowest BCUT2D eigenvalue weighted by atomic mass is 10.1. The minimum atomic E-state index is -0.658. The molecule has 4 rings (SSSR count). The molecule has 0 aliphatic carbocycles. The number of aliphatic hydroxyl groups excluding tert-OH is 1. The van der Waals surface area contributed by atoms with Crippen molar-refractivity contribution in [1.82, 2.24) is 0 Å². The molecule has 1 aliphatic rings. The fourth-order valence-electron chi connectivity index (χ4n) is 3.39. The third-order valence-corrected chi connectivity index (χ3v) is 6.67. The molecule has 0 aromatic heterocycles. The van der Waals surface area contributed by atoms with Crippen molar-refractivity contribution >= 4 is 56.2 Å². The molecule has 0 fully saturated rings. The molecule has 1 N–H and O–H groups in total. The van der Waals surface area contributed by atoms with Crippen molar-refractivity contribution in [3.05, 3.63) is 115 Å². The van der Waals surface area contributed by atoms with Gasteiger partial charge in [-0.2, -0.15) is 0 Å². The highest BCUT2D eigenvalue weighted by Gasteiger charge is 2.33. The first-order valence-corrected chi connectivity index (χ1v) is 12.8. The van der Waals surface area contributed by atoms with E-state index in [1.807, 2.05) is 30.3 Å². The van der Waals surface area contributed by atoms with Crippen LogP contribution in [0, 0.1) is 10.1 Å². The van der Waals surface area contributed by atoms with Crippen LogP contribution in [0.3, 0.4) is 0 Å². The van der Waals surface area contributed by atoms with Crippen LogP contribution in [0.15, 0.2) is 98.5 Å². The number of rotatable bonds is 8. The van der Waals surface area contributed by atoms with Crippen LogP contribution in [0.4, 0.5) is 11.4 Å². The quantitative estimate of drug-likeness (QED) is 0.171. The van der Waals surface area contributed by atoms with E-state index in [1.165, 1.54) is 12.1 Å². The lowest BCUT2D eigenvalue weighted by Gasteiger charge is -2.11. The van der Waals surface area contributed by atoms with Gasteiger partial charge in [-0.15, -0.1) is 0 Å². The number of para-hydroxylation sites is 1. The van der Waals surface area contributed by atoms with Gasteiger partial charge in [0.25, 0.3) is 5.69 Å². The molecule has 3 aromatic rings. The van der Waals surface area contributed by atoms with E-state index in [-0.39, 0.29) is 30.2 Å². The van der Waals surface area contributed by atoms with E-state index in [9.17, 15) is 20.0 Å². The molecule has 0 spiro atoms. The van der Waals surface area contributed by atoms with E-state index in [1.54, 1.807) is 43.3 Å². The Morgan fingerprint density at radius 2 is 1.86 bits per heavy atom. The van der Waals surface area contributed by atoms with Crippen LogP contribution in [-0.2, 0) is 16.1 Å². The van der Waals surface area contributed by atoms with Gasteiger partial charge in [-0.1, -0.05) is 45.9 Å². The average Bonchev–Trinajstić information content (AvgIpc) is 3.18. The maximum atomic E-state index is 12.7. The number of aliphatic hydroxyl groups is 1. The molecule has 0 amide bonds. The molecule has 0 radical (unpaired) electrons. The Balaban J connectivity index is 1.66. The number of esters is 1. The lowest BCUT2D eigenvalue weighted by molar-refractivity contribution is -0.384. The highest BCUT2D eigenvalue weighted by Crippen LogP contribution is 2.41. The summed E-state index contributed by atoms with van der Waals surface area (Å²) in [6, 6.07) is 20.6. The second-order valence-corrected chi connectivity index (χ2v) is 9.65. The van der Waals surface area contributed by atoms with Crippen LogP contribution in [0.1, 0.15) is 18.1 Å². The molecule has 1 aliphatic heterocycles. The summed E-state index contributed by atoms with van der Waals surface area (Å²) in [6.45, 7) is 2.03. The number of aliphatic imine (C=N–C) groups is 1. The summed E-state index contributed by atoms with van der Waals surface area (Å²) in [4.78, 5) is 28.1. The van der Waals surface area contributed by atoms with Crippen LogP contribution in [0.5, 0.6) is 5.75 Å². The molecule has 188 valence electrons. The molecule has 10 heteroatoms. The molecule has 1 heterocycles. The smallest absolute Gasteiger partial charge is 0.344 e. The van der Waals surface area contributed by atoms with Crippen molar-refractivity contribution in [2.24, 2.45) is 4.99 Å². The van der Waals surface area contributed by atoms with E-state index < -0.39 is 10.9 Å². The summed E-state index contributed by atoms with van der Waals surface area (Å²) in [5.41, 5.74) is 2.05. The van der Waals surface area contributed by atoms with Gasteiger partial charge in [0.1, 0.15) is 28.7 Å². The molecule has 0 unspecified atom stereocenters. The third-order valence-electron chi connectivity index (χ3n) is 5.16. The number of hydrogen-bond donors (Lipinski definition) is 1. The maximum Gasteiger partial charge on any atom is 0.344 e. The highest BCUT2D eigenvalue weighted by molar-refractivity contribution is 9.10. The van der Waals surface area contributed by atoms with Crippen molar-refractivity contribution in [1.29, 1.82) is 0 Å². The molecule has 3 aromatic carbocycles. The van der Waals surface area contributed by atoms with E-state index in [4.69, 9.17) is 9.47 Å². The summed E-state index contributed by atoms with van der Waals surface area (Å²) >= 11 is 4.62. The zero-order valence-corrected chi connectivity index (χ0v) is 22.0. The van der Waals surface area contributed by atoms with Gasteiger partial charge in [-0.3, -0.25) is 10.1 Å². The Morgan fingerprint density at radius 3 is 2.54 bits per heavy atom. The van der Waals surface area contributed by atoms with Gasteiger partial charge in [0.15, 0.2) is 0 Å². The second kappa shape index (κ2) is 11.9. The third kappa shape index (κ3) is 6.46. The molecule has 0 saturated heterocycles. The first-order valence-electron chi connectivity index (χ1n) is 11.2. The SMILES string of the molecule is CCOC(=O)C1=C(O)/C(=C/c2cc(Br)ccc2OCc2ccc([N+](=O)[O-])cc2)SC1=Nc1ccccc1. The standard InChI is InChI=1S/C27H21BrN2O6S/c1-2-35-27(32)24-25(31)23(37-26(24)29-20-6-4-3-5-7-20)15-18-14-19(28)10-13-22(18)36-16-17-8-11-21(12-9-17)30(33)34/h3-15,31H,2,16H2,1H3/b23-15-,29-26?. The van der Waals surface area contributed by atoms with Crippen LogP contribution in [0.25, 0.3) is 6.08 Å². The van der Waals surface area contributed by atoms with Gasteiger partial charge in [0.05, 0.1) is 22.1 Å². The number of carbonyl (C=O) groups is 1. The molecular weight excluding hydrogens is 560 g/mol. The fraction of sp³-hybridized carbons (Fsp3) is 0.111.